The number of aromatic nitrogens is 1. The predicted molar refractivity (Wildman–Crippen MR) is 156 cm³/mol. The van der Waals surface area contributed by atoms with E-state index in [-0.39, 0.29) is 27.9 Å². The maximum absolute atomic E-state index is 15.4. The molecule has 0 aliphatic carbocycles. The number of halogens is 3. The zero-order valence-corrected chi connectivity index (χ0v) is 25.8. The number of carbonyl (C=O) groups excluding carboxylic acids is 1. The van der Waals surface area contributed by atoms with Crippen molar-refractivity contribution >= 4 is 39.0 Å². The lowest BCUT2D eigenvalue weighted by molar-refractivity contribution is 0.0608. The van der Waals surface area contributed by atoms with Crippen LogP contribution in [0.25, 0.3) is 0 Å². The third kappa shape index (κ3) is 6.18. The fourth-order valence-corrected chi connectivity index (χ4v) is 7.65. The second kappa shape index (κ2) is 12.0. The van der Waals surface area contributed by atoms with Gasteiger partial charge in [0.15, 0.2) is 17.5 Å². The number of benzene rings is 2. The van der Waals surface area contributed by atoms with E-state index < -0.39 is 44.1 Å². The molecule has 43 heavy (non-hydrogen) atoms. The molecule has 2 fully saturated rings. The highest BCUT2D eigenvalue weighted by atomic mass is 32.2. The Balaban J connectivity index is 1.43. The normalized spacial score (nSPS) is 18.6. The lowest BCUT2D eigenvalue weighted by atomic mass is 10.0. The summed E-state index contributed by atoms with van der Waals surface area (Å²) in [5.74, 6) is -3.60. The van der Waals surface area contributed by atoms with Crippen molar-refractivity contribution in [2.45, 2.75) is 82.1 Å². The second-order valence-electron chi connectivity index (χ2n) is 11.5. The molecule has 5 rings (SSSR count). The summed E-state index contributed by atoms with van der Waals surface area (Å²) in [4.78, 5) is 18.0. The van der Waals surface area contributed by atoms with Crippen LogP contribution in [0.1, 0.15) is 57.6 Å². The number of amides is 1. The quantitative estimate of drug-likeness (QED) is 0.286. The summed E-state index contributed by atoms with van der Waals surface area (Å²) < 4.78 is 83.9. The number of thiazole rings is 1. The van der Waals surface area contributed by atoms with Crippen LogP contribution in [0.15, 0.2) is 40.1 Å². The second-order valence-corrected chi connectivity index (χ2v) is 14.0. The van der Waals surface area contributed by atoms with Crippen LogP contribution in [-0.4, -0.2) is 49.2 Å². The van der Waals surface area contributed by atoms with E-state index in [2.05, 4.69) is 15.2 Å². The van der Waals surface area contributed by atoms with Gasteiger partial charge in [-0.15, -0.1) is 15.6 Å². The smallest absolute Gasteiger partial charge is 0.430 e. The van der Waals surface area contributed by atoms with Gasteiger partial charge in [0.1, 0.15) is 22.1 Å². The molecule has 1 aromatic heterocycles. The molecule has 2 aliphatic heterocycles. The van der Waals surface area contributed by atoms with Gasteiger partial charge in [0.05, 0.1) is 18.3 Å². The SMILES string of the molecule is COc1ccc(F)c(CNc2ccc(S(=O)(=O)N(C(=O)OC(C)(C)C)c3cscn3)c(F)c2F)c1CN1C2CCC1CC2. The standard InChI is InChI=1S/C29H33F3N4O5S2/c1-29(2,3)41-28(37)36(25-15-42-16-34-25)43(38,39)24-12-10-22(26(31)27(24)32)33-13-19-20(23(40-4)11-9-21(19)30)14-35-17-5-6-18(35)8-7-17/h9-12,15-18,33H,5-8,13-14H2,1-4H3. The molecule has 3 heterocycles. The zero-order chi connectivity index (χ0) is 31.1. The average molecular weight is 639 g/mol. The van der Waals surface area contributed by atoms with Crippen LogP contribution in [0.3, 0.4) is 0 Å². The average Bonchev–Trinajstić information content (AvgIpc) is 3.68. The number of nitrogens with zero attached hydrogens (tertiary/aromatic N) is 3. The van der Waals surface area contributed by atoms with Gasteiger partial charge in [0.2, 0.25) is 0 Å². The molecule has 1 N–H and O–H groups in total. The van der Waals surface area contributed by atoms with Gasteiger partial charge in [0, 0.05) is 41.7 Å². The number of fused-ring (bicyclic) bond motifs is 2. The molecule has 0 saturated carbocycles. The molecule has 0 atom stereocenters. The van der Waals surface area contributed by atoms with Crippen molar-refractivity contribution in [1.82, 2.24) is 9.88 Å². The predicted octanol–water partition coefficient (Wildman–Crippen LogP) is 6.44. The summed E-state index contributed by atoms with van der Waals surface area (Å²) in [7, 11) is -3.50. The van der Waals surface area contributed by atoms with Crippen molar-refractivity contribution in [3.63, 3.8) is 0 Å². The molecule has 232 valence electrons. The van der Waals surface area contributed by atoms with Crippen molar-refractivity contribution in [1.29, 1.82) is 0 Å². The minimum Gasteiger partial charge on any atom is -0.496 e. The third-order valence-corrected chi connectivity index (χ3v) is 9.97. The van der Waals surface area contributed by atoms with Gasteiger partial charge in [0.25, 0.3) is 10.0 Å². The topological polar surface area (TPSA) is 101 Å². The van der Waals surface area contributed by atoms with Gasteiger partial charge >= 0.3 is 6.09 Å². The van der Waals surface area contributed by atoms with E-state index >= 15 is 13.2 Å². The van der Waals surface area contributed by atoms with Crippen LogP contribution < -0.4 is 14.4 Å². The number of carbonyl (C=O) groups is 1. The fourth-order valence-electron chi connectivity index (χ4n) is 5.73. The lowest BCUT2D eigenvalue weighted by Gasteiger charge is -2.26. The van der Waals surface area contributed by atoms with E-state index in [1.807, 2.05) is 0 Å². The Hall–Kier alpha value is -3.36. The number of methoxy groups -OCH3 is 1. The first-order chi connectivity index (χ1) is 20.3. The molecule has 0 unspecified atom stereocenters. The number of anilines is 2. The van der Waals surface area contributed by atoms with E-state index in [9.17, 15) is 13.2 Å². The minimum absolute atomic E-state index is 0.198. The molecule has 1 amide bonds. The molecular weight excluding hydrogens is 605 g/mol. The number of hydrogen-bond donors (Lipinski definition) is 1. The first-order valence-corrected chi connectivity index (χ1v) is 16.2. The largest absolute Gasteiger partial charge is 0.496 e. The van der Waals surface area contributed by atoms with Gasteiger partial charge in [-0.2, -0.15) is 0 Å². The first kappa shape index (κ1) is 31.1. The molecule has 14 heteroatoms. The summed E-state index contributed by atoms with van der Waals surface area (Å²) in [6.45, 7) is 4.83. The number of rotatable bonds is 9. The minimum atomic E-state index is -5.00. The van der Waals surface area contributed by atoms with Gasteiger partial charge in [-0.3, -0.25) is 4.90 Å². The number of ether oxygens (including phenoxy) is 2. The van der Waals surface area contributed by atoms with E-state index in [1.54, 1.807) is 6.07 Å². The number of hydrogen-bond acceptors (Lipinski definition) is 9. The van der Waals surface area contributed by atoms with Gasteiger partial charge in [-0.1, -0.05) is 0 Å². The Kier molecular flexibility index (Phi) is 8.65. The van der Waals surface area contributed by atoms with Crippen LogP contribution >= 0.6 is 11.3 Å². The Morgan fingerprint density at radius 3 is 2.33 bits per heavy atom. The monoisotopic (exact) mass is 638 g/mol. The summed E-state index contributed by atoms with van der Waals surface area (Å²) in [6.07, 6.45) is 3.02. The van der Waals surface area contributed by atoms with Gasteiger partial charge in [-0.25, -0.2) is 31.4 Å². The van der Waals surface area contributed by atoms with Crippen LogP contribution in [0, 0.1) is 17.5 Å². The summed E-state index contributed by atoms with van der Waals surface area (Å²) >= 11 is 1.00. The highest BCUT2D eigenvalue weighted by Gasteiger charge is 2.40. The van der Waals surface area contributed by atoms with Crippen LogP contribution in [0.4, 0.5) is 29.5 Å². The van der Waals surface area contributed by atoms with E-state index in [0.29, 0.717) is 29.9 Å². The molecular formula is C29H33F3N4O5S2. The third-order valence-electron chi connectivity index (χ3n) is 7.70. The Morgan fingerprint density at radius 1 is 1.07 bits per heavy atom. The van der Waals surface area contributed by atoms with Crippen LogP contribution in [0.2, 0.25) is 0 Å². The Bertz CT molecular complexity index is 1590. The fraction of sp³-hybridized carbons (Fsp3) is 0.448. The highest BCUT2D eigenvalue weighted by molar-refractivity contribution is 7.93. The van der Waals surface area contributed by atoms with Crippen molar-refractivity contribution in [2.75, 3.05) is 16.7 Å². The molecule has 0 radical (unpaired) electrons. The van der Waals surface area contributed by atoms with Gasteiger partial charge < -0.3 is 14.8 Å². The maximum Gasteiger partial charge on any atom is 0.430 e. The van der Waals surface area contributed by atoms with Crippen molar-refractivity contribution < 1.29 is 35.9 Å². The summed E-state index contributed by atoms with van der Waals surface area (Å²) in [5.41, 5.74) is 0.670. The van der Waals surface area contributed by atoms with E-state index in [4.69, 9.17) is 9.47 Å². The van der Waals surface area contributed by atoms with Crippen LogP contribution in [-0.2, 0) is 27.8 Å². The molecule has 2 aliphatic rings. The first-order valence-electron chi connectivity index (χ1n) is 13.8. The zero-order valence-electron chi connectivity index (χ0n) is 24.2. The molecule has 2 aromatic carbocycles. The molecule has 0 spiro atoms. The maximum atomic E-state index is 15.4. The Morgan fingerprint density at radius 2 is 1.74 bits per heavy atom. The molecule has 9 nitrogen and oxygen atoms in total. The number of sulfonamides is 1. The van der Waals surface area contributed by atoms with E-state index in [0.717, 1.165) is 49.2 Å². The van der Waals surface area contributed by atoms with Crippen LogP contribution in [0.5, 0.6) is 5.75 Å². The van der Waals surface area contributed by atoms with Crippen molar-refractivity contribution in [3.05, 3.63) is 63.7 Å². The summed E-state index contributed by atoms with van der Waals surface area (Å²) in [6, 6.07) is 5.51. The highest BCUT2D eigenvalue weighted by Crippen LogP contribution is 2.40. The Labute approximate surface area is 252 Å². The lowest BCUT2D eigenvalue weighted by Crippen LogP contribution is -2.41. The van der Waals surface area contributed by atoms with E-state index in [1.165, 1.54) is 44.8 Å². The van der Waals surface area contributed by atoms with Gasteiger partial charge in [-0.05, 0) is 70.7 Å². The van der Waals surface area contributed by atoms with Crippen molar-refractivity contribution in [3.8, 4) is 5.75 Å². The molecule has 2 bridgehead atoms. The molecule has 2 saturated heterocycles. The summed E-state index contributed by atoms with van der Waals surface area (Å²) in [5, 5.41) is 3.98. The van der Waals surface area contributed by atoms with Crippen molar-refractivity contribution in [2.24, 2.45) is 0 Å². The molecule has 3 aromatic rings. The number of nitrogens with one attached hydrogen (secondary N) is 1.